The second kappa shape index (κ2) is 5.85. The van der Waals surface area contributed by atoms with E-state index in [2.05, 4.69) is 6.08 Å². The SMILES string of the molecule is CCOC(=O)C1(C(=O)OCC)CCC[C@]23C[C@]2(C[C@@H]2CCCC=C23)C1. The third-order valence-electron chi connectivity index (χ3n) is 7.46. The summed E-state index contributed by atoms with van der Waals surface area (Å²) in [6, 6.07) is 0. The van der Waals surface area contributed by atoms with Gasteiger partial charge in [0.1, 0.15) is 0 Å². The van der Waals surface area contributed by atoms with Gasteiger partial charge in [0.25, 0.3) is 0 Å². The smallest absolute Gasteiger partial charge is 0.323 e. The summed E-state index contributed by atoms with van der Waals surface area (Å²) < 4.78 is 10.8. The van der Waals surface area contributed by atoms with Gasteiger partial charge in [-0.1, -0.05) is 18.1 Å². The number of allylic oxidation sites excluding steroid dienone is 2. The van der Waals surface area contributed by atoms with Crippen LogP contribution in [0.2, 0.25) is 0 Å². The molecule has 138 valence electrons. The fourth-order valence-electron chi connectivity index (χ4n) is 6.55. The summed E-state index contributed by atoms with van der Waals surface area (Å²) in [4.78, 5) is 25.8. The third-order valence-corrected chi connectivity index (χ3v) is 7.46. The molecule has 0 spiro atoms. The first-order valence-corrected chi connectivity index (χ1v) is 10.1. The van der Waals surface area contributed by atoms with E-state index in [9.17, 15) is 9.59 Å². The molecule has 0 aromatic heterocycles. The Hall–Kier alpha value is -1.32. The van der Waals surface area contributed by atoms with Crippen LogP contribution in [0, 0.1) is 22.2 Å². The second-order valence-electron chi connectivity index (χ2n) is 8.58. The summed E-state index contributed by atoms with van der Waals surface area (Å²) in [7, 11) is 0. The van der Waals surface area contributed by atoms with Crippen LogP contribution >= 0.6 is 0 Å². The zero-order valence-corrected chi connectivity index (χ0v) is 15.6. The van der Waals surface area contributed by atoms with E-state index in [1.165, 1.54) is 19.3 Å². The summed E-state index contributed by atoms with van der Waals surface area (Å²) >= 11 is 0. The number of carbonyl (C=O) groups is 2. The number of carbonyl (C=O) groups excluding carboxylic acids is 2. The molecule has 4 heteroatoms. The molecule has 4 aliphatic carbocycles. The van der Waals surface area contributed by atoms with Crippen molar-refractivity contribution in [3.05, 3.63) is 11.6 Å². The number of esters is 2. The first-order valence-electron chi connectivity index (χ1n) is 10.1. The molecule has 0 saturated heterocycles. The maximum absolute atomic E-state index is 12.9. The molecule has 0 aliphatic heterocycles. The number of rotatable bonds is 4. The van der Waals surface area contributed by atoms with Crippen LogP contribution in [0.1, 0.15) is 71.6 Å². The molecule has 0 aromatic rings. The molecule has 3 saturated carbocycles. The van der Waals surface area contributed by atoms with Crippen molar-refractivity contribution in [2.45, 2.75) is 71.6 Å². The molecule has 0 bridgehead atoms. The van der Waals surface area contributed by atoms with Gasteiger partial charge in [-0.05, 0) is 82.0 Å². The Morgan fingerprint density at radius 3 is 2.48 bits per heavy atom. The van der Waals surface area contributed by atoms with Crippen molar-refractivity contribution in [3.8, 4) is 0 Å². The van der Waals surface area contributed by atoms with E-state index in [1.54, 1.807) is 5.57 Å². The van der Waals surface area contributed by atoms with Crippen molar-refractivity contribution in [2.75, 3.05) is 13.2 Å². The minimum Gasteiger partial charge on any atom is -0.465 e. The van der Waals surface area contributed by atoms with Crippen LogP contribution in [0.3, 0.4) is 0 Å². The summed E-state index contributed by atoms with van der Waals surface area (Å²) in [5.74, 6) is -0.0218. The zero-order chi connectivity index (χ0) is 17.7. The molecule has 0 N–H and O–H groups in total. The highest BCUT2D eigenvalue weighted by Gasteiger charge is 2.77. The standard InChI is InChI=1S/C21H30O4/c1-3-24-17(22)20(18(23)25-4-2)10-7-11-21-14-19(21,13-20)12-15-8-5-6-9-16(15)21/h9,15H,3-8,10-14H2,1-2H3/t15-,19-,21+/m0/s1. The number of fused-ring (bicyclic) bond motifs is 1. The minimum absolute atomic E-state index is 0.129. The molecule has 0 aromatic carbocycles. The maximum Gasteiger partial charge on any atom is 0.323 e. The number of hydrogen-bond acceptors (Lipinski definition) is 4. The predicted molar refractivity (Wildman–Crippen MR) is 93.7 cm³/mol. The molecular formula is C21H30O4. The van der Waals surface area contributed by atoms with Gasteiger partial charge in [-0.3, -0.25) is 9.59 Å². The van der Waals surface area contributed by atoms with E-state index in [4.69, 9.17) is 9.47 Å². The fraction of sp³-hybridized carbons (Fsp3) is 0.810. The predicted octanol–water partition coefficient (Wildman–Crippen LogP) is 4.18. The molecule has 3 fully saturated rings. The lowest BCUT2D eigenvalue weighted by Gasteiger charge is -2.32. The Morgan fingerprint density at radius 2 is 1.80 bits per heavy atom. The van der Waals surface area contributed by atoms with Crippen molar-refractivity contribution in [2.24, 2.45) is 22.2 Å². The zero-order valence-electron chi connectivity index (χ0n) is 15.6. The van der Waals surface area contributed by atoms with Crippen LogP contribution in [-0.2, 0) is 19.1 Å². The Labute approximate surface area is 150 Å². The van der Waals surface area contributed by atoms with Gasteiger partial charge in [-0.25, -0.2) is 0 Å². The highest BCUT2D eigenvalue weighted by molar-refractivity contribution is 6.00. The Morgan fingerprint density at radius 1 is 1.08 bits per heavy atom. The van der Waals surface area contributed by atoms with E-state index in [1.807, 2.05) is 13.8 Å². The van der Waals surface area contributed by atoms with E-state index in [-0.39, 0.29) is 22.8 Å². The Kier molecular flexibility index (Phi) is 4.01. The molecule has 25 heavy (non-hydrogen) atoms. The molecule has 0 heterocycles. The van der Waals surface area contributed by atoms with Crippen molar-refractivity contribution in [3.63, 3.8) is 0 Å². The van der Waals surface area contributed by atoms with E-state index < -0.39 is 5.41 Å². The Balaban J connectivity index is 1.70. The lowest BCUT2D eigenvalue weighted by molar-refractivity contribution is -0.174. The summed E-state index contributed by atoms with van der Waals surface area (Å²) in [6.45, 7) is 4.24. The molecule has 0 radical (unpaired) electrons. The van der Waals surface area contributed by atoms with Crippen molar-refractivity contribution in [1.29, 1.82) is 0 Å². The molecule has 4 nitrogen and oxygen atoms in total. The van der Waals surface area contributed by atoms with Gasteiger partial charge in [0, 0.05) is 0 Å². The lowest BCUT2D eigenvalue weighted by atomic mass is 9.73. The van der Waals surface area contributed by atoms with Gasteiger partial charge in [-0.15, -0.1) is 0 Å². The number of ether oxygens (including phenoxy) is 2. The maximum atomic E-state index is 12.9. The molecule has 0 unspecified atom stereocenters. The molecule has 4 rings (SSSR count). The van der Waals surface area contributed by atoms with Crippen molar-refractivity contribution < 1.29 is 19.1 Å². The first-order chi connectivity index (χ1) is 12.0. The van der Waals surface area contributed by atoms with Crippen LogP contribution in [0.5, 0.6) is 0 Å². The molecule has 4 aliphatic rings. The summed E-state index contributed by atoms with van der Waals surface area (Å²) in [6.07, 6.45) is 11.8. The monoisotopic (exact) mass is 346 g/mol. The van der Waals surface area contributed by atoms with Crippen molar-refractivity contribution in [1.82, 2.24) is 0 Å². The molecular weight excluding hydrogens is 316 g/mol. The molecule has 0 amide bonds. The topological polar surface area (TPSA) is 52.6 Å². The Bertz CT molecular complexity index is 603. The van der Waals surface area contributed by atoms with Crippen LogP contribution in [-0.4, -0.2) is 25.2 Å². The van der Waals surface area contributed by atoms with Crippen LogP contribution in [0.4, 0.5) is 0 Å². The minimum atomic E-state index is -1.08. The van der Waals surface area contributed by atoms with Gasteiger partial charge in [0.05, 0.1) is 13.2 Å². The lowest BCUT2D eigenvalue weighted by Crippen LogP contribution is -2.43. The third kappa shape index (κ3) is 2.25. The van der Waals surface area contributed by atoms with Gasteiger partial charge < -0.3 is 9.47 Å². The first kappa shape index (κ1) is 17.1. The van der Waals surface area contributed by atoms with Gasteiger partial charge in [-0.2, -0.15) is 0 Å². The summed E-state index contributed by atoms with van der Waals surface area (Å²) in [5.41, 5.74) is 0.989. The fourth-order valence-corrected chi connectivity index (χ4v) is 6.55. The highest BCUT2D eigenvalue weighted by Crippen LogP contribution is 2.83. The highest BCUT2D eigenvalue weighted by atomic mass is 16.6. The summed E-state index contributed by atoms with van der Waals surface area (Å²) in [5, 5.41) is 0. The van der Waals surface area contributed by atoms with E-state index in [0.717, 1.165) is 25.7 Å². The largest absolute Gasteiger partial charge is 0.465 e. The number of hydrogen-bond donors (Lipinski definition) is 0. The van der Waals surface area contributed by atoms with Gasteiger partial charge in [0.15, 0.2) is 5.41 Å². The average Bonchev–Trinajstić information content (AvgIpc) is 3.16. The van der Waals surface area contributed by atoms with Crippen molar-refractivity contribution >= 4 is 11.9 Å². The van der Waals surface area contributed by atoms with Gasteiger partial charge in [0.2, 0.25) is 0 Å². The average molecular weight is 346 g/mol. The van der Waals surface area contributed by atoms with Crippen LogP contribution < -0.4 is 0 Å². The van der Waals surface area contributed by atoms with E-state index >= 15 is 0 Å². The quantitative estimate of drug-likeness (QED) is 0.435. The van der Waals surface area contributed by atoms with E-state index in [0.29, 0.717) is 32.0 Å². The van der Waals surface area contributed by atoms with Gasteiger partial charge >= 0.3 is 11.9 Å². The van der Waals surface area contributed by atoms with Crippen LogP contribution in [0.25, 0.3) is 0 Å². The normalized spacial score (nSPS) is 37.7. The second-order valence-corrected chi connectivity index (χ2v) is 8.58. The van der Waals surface area contributed by atoms with Crippen LogP contribution in [0.15, 0.2) is 11.6 Å². The molecule has 3 atom stereocenters.